The molecule has 10 aromatic carbocycles. The largest absolute Gasteiger partial charge is 0.309 e. The summed E-state index contributed by atoms with van der Waals surface area (Å²) in [5.41, 5.74) is 11.2. The molecule has 2 heterocycles. The third kappa shape index (κ3) is 5.88. The molecule has 0 N–H and O–H groups in total. The van der Waals surface area contributed by atoms with Gasteiger partial charge in [-0.25, -0.2) is 15.0 Å². The van der Waals surface area contributed by atoms with Crippen molar-refractivity contribution in [2.24, 2.45) is 0 Å². The first-order chi connectivity index (χ1) is 30.2. The molecule has 0 aliphatic rings. The van der Waals surface area contributed by atoms with Crippen LogP contribution in [0.2, 0.25) is 0 Å². The summed E-state index contributed by atoms with van der Waals surface area (Å²) < 4.78 is 2.41. The molecule has 0 radical (unpaired) electrons. The molecular formula is C57H36N4. The van der Waals surface area contributed by atoms with Crippen LogP contribution in [0, 0.1) is 0 Å². The number of benzene rings is 10. The van der Waals surface area contributed by atoms with Crippen molar-refractivity contribution < 1.29 is 0 Å². The van der Waals surface area contributed by atoms with E-state index in [0.29, 0.717) is 17.5 Å². The van der Waals surface area contributed by atoms with E-state index < -0.39 is 0 Å². The second-order valence-electron chi connectivity index (χ2n) is 15.6. The summed E-state index contributed by atoms with van der Waals surface area (Å²) in [6, 6.07) is 77.8. The molecule has 2 aromatic heterocycles. The van der Waals surface area contributed by atoms with Gasteiger partial charge in [0.2, 0.25) is 0 Å². The molecule has 0 aliphatic carbocycles. The van der Waals surface area contributed by atoms with E-state index in [9.17, 15) is 0 Å². The molecule has 284 valence electrons. The van der Waals surface area contributed by atoms with Crippen molar-refractivity contribution in [3.05, 3.63) is 218 Å². The fourth-order valence-electron chi connectivity index (χ4n) is 9.18. The molecule has 12 rings (SSSR count). The minimum atomic E-state index is 0.646. The summed E-state index contributed by atoms with van der Waals surface area (Å²) in [5.74, 6) is 1.95. The molecule has 0 bridgehead atoms. The summed E-state index contributed by atoms with van der Waals surface area (Å²) in [6.45, 7) is 0. The van der Waals surface area contributed by atoms with Crippen LogP contribution in [0.15, 0.2) is 218 Å². The summed E-state index contributed by atoms with van der Waals surface area (Å²) >= 11 is 0. The van der Waals surface area contributed by atoms with Gasteiger partial charge in [0.1, 0.15) is 0 Å². The minimum absolute atomic E-state index is 0.646. The Morgan fingerprint density at radius 3 is 1.33 bits per heavy atom. The van der Waals surface area contributed by atoms with Crippen LogP contribution >= 0.6 is 0 Å². The summed E-state index contributed by atoms with van der Waals surface area (Å²) in [7, 11) is 0. The van der Waals surface area contributed by atoms with Gasteiger partial charge < -0.3 is 4.57 Å². The highest BCUT2D eigenvalue weighted by Crippen LogP contribution is 2.43. The topological polar surface area (TPSA) is 43.6 Å². The highest BCUT2D eigenvalue weighted by atomic mass is 15.0. The Balaban J connectivity index is 1.06. The van der Waals surface area contributed by atoms with Crippen molar-refractivity contribution in [3.63, 3.8) is 0 Å². The summed E-state index contributed by atoms with van der Waals surface area (Å²) in [5, 5.41) is 9.66. The van der Waals surface area contributed by atoms with Crippen LogP contribution in [0.5, 0.6) is 0 Å². The first-order valence-electron chi connectivity index (χ1n) is 20.7. The van der Waals surface area contributed by atoms with Crippen LogP contribution in [0.3, 0.4) is 0 Å². The summed E-state index contributed by atoms with van der Waals surface area (Å²) in [6.07, 6.45) is 0. The Hall–Kier alpha value is -8.21. The van der Waals surface area contributed by atoms with Gasteiger partial charge in [-0.2, -0.15) is 0 Å². The first-order valence-corrected chi connectivity index (χ1v) is 20.7. The fraction of sp³-hybridized carbons (Fsp3) is 0. The zero-order valence-corrected chi connectivity index (χ0v) is 33.1. The lowest BCUT2D eigenvalue weighted by Crippen LogP contribution is -2.00. The van der Waals surface area contributed by atoms with Crippen LogP contribution in [0.25, 0.3) is 116 Å². The number of para-hydroxylation sites is 1. The Labute approximate surface area is 352 Å². The molecule has 0 amide bonds. The van der Waals surface area contributed by atoms with E-state index in [0.717, 1.165) is 27.8 Å². The molecule has 0 fully saturated rings. The van der Waals surface area contributed by atoms with Gasteiger partial charge in [0.05, 0.1) is 11.0 Å². The average molecular weight is 777 g/mol. The second-order valence-corrected chi connectivity index (χ2v) is 15.6. The van der Waals surface area contributed by atoms with E-state index in [-0.39, 0.29) is 0 Å². The van der Waals surface area contributed by atoms with Gasteiger partial charge in [0.15, 0.2) is 17.5 Å². The van der Waals surface area contributed by atoms with Crippen molar-refractivity contribution in [2.75, 3.05) is 0 Å². The average Bonchev–Trinajstić information content (AvgIpc) is 3.68. The van der Waals surface area contributed by atoms with Crippen LogP contribution in [-0.2, 0) is 0 Å². The van der Waals surface area contributed by atoms with E-state index in [4.69, 9.17) is 15.0 Å². The number of rotatable bonds is 6. The van der Waals surface area contributed by atoms with Gasteiger partial charge in [-0.3, -0.25) is 0 Å². The van der Waals surface area contributed by atoms with Gasteiger partial charge in [0, 0.05) is 33.2 Å². The van der Waals surface area contributed by atoms with Crippen molar-refractivity contribution in [3.8, 4) is 62.1 Å². The quantitative estimate of drug-likeness (QED) is 0.158. The van der Waals surface area contributed by atoms with Crippen molar-refractivity contribution in [2.45, 2.75) is 0 Å². The lowest BCUT2D eigenvalue weighted by Gasteiger charge is -2.14. The number of fused-ring (bicyclic) bond motifs is 9. The number of hydrogen-bond donors (Lipinski definition) is 0. The standard InChI is InChI=1S/C57H36N4/c1-5-16-37(17-6-1)40-30-33-52-51(34-40)54-44(26-15-27-53(54)61(52)43-22-11-4-12-23-43)41-28-31-47-48-32-29-42(36-50(48)46-25-14-13-24-45(46)49(47)35-41)57-59-55(38-18-7-2-8-19-38)58-56(60-57)39-20-9-3-10-21-39/h1-36H. The fourth-order valence-corrected chi connectivity index (χ4v) is 9.18. The minimum Gasteiger partial charge on any atom is -0.309 e. The van der Waals surface area contributed by atoms with Crippen LogP contribution < -0.4 is 0 Å². The Morgan fingerprint density at radius 2 is 0.721 bits per heavy atom. The Morgan fingerprint density at radius 1 is 0.262 bits per heavy atom. The van der Waals surface area contributed by atoms with Crippen LogP contribution in [0.4, 0.5) is 0 Å². The molecule has 4 heteroatoms. The molecule has 0 saturated heterocycles. The Bertz CT molecular complexity index is 3540. The van der Waals surface area contributed by atoms with Crippen molar-refractivity contribution >= 4 is 54.1 Å². The maximum atomic E-state index is 5.06. The van der Waals surface area contributed by atoms with E-state index >= 15 is 0 Å². The first kappa shape index (κ1) is 34.8. The predicted octanol–water partition coefficient (Wildman–Crippen LogP) is 14.8. The van der Waals surface area contributed by atoms with Gasteiger partial charge >= 0.3 is 0 Å². The SMILES string of the molecule is c1ccc(-c2ccc3c(c2)c2c(-c4ccc5c6ccc(-c7nc(-c8ccccc8)nc(-c8ccccc8)n7)cc6c6ccccc6c5c4)cccc2n3-c2ccccc2)cc1. The molecule has 61 heavy (non-hydrogen) atoms. The predicted molar refractivity (Wildman–Crippen MR) is 254 cm³/mol. The molecule has 0 saturated carbocycles. The highest BCUT2D eigenvalue weighted by molar-refractivity contribution is 6.27. The number of hydrogen-bond acceptors (Lipinski definition) is 3. The van der Waals surface area contributed by atoms with Crippen molar-refractivity contribution in [1.29, 1.82) is 0 Å². The van der Waals surface area contributed by atoms with Gasteiger partial charge in [-0.1, -0.05) is 176 Å². The molecule has 12 aromatic rings. The van der Waals surface area contributed by atoms with E-state index in [1.807, 2.05) is 60.7 Å². The Kier molecular flexibility index (Phi) is 8.13. The van der Waals surface area contributed by atoms with Gasteiger partial charge in [-0.15, -0.1) is 0 Å². The van der Waals surface area contributed by atoms with Gasteiger partial charge in [-0.05, 0) is 97.0 Å². The smallest absolute Gasteiger partial charge is 0.164 e. The molecule has 4 nitrogen and oxygen atoms in total. The monoisotopic (exact) mass is 776 g/mol. The van der Waals surface area contributed by atoms with Crippen LogP contribution in [-0.4, -0.2) is 19.5 Å². The second kappa shape index (κ2) is 14.3. The zero-order valence-electron chi connectivity index (χ0n) is 33.1. The van der Waals surface area contributed by atoms with Crippen LogP contribution in [0.1, 0.15) is 0 Å². The van der Waals surface area contributed by atoms with Gasteiger partial charge in [0.25, 0.3) is 0 Å². The third-order valence-electron chi connectivity index (χ3n) is 12.0. The lowest BCUT2D eigenvalue weighted by atomic mass is 9.90. The molecule has 0 atom stereocenters. The summed E-state index contributed by atoms with van der Waals surface area (Å²) in [4.78, 5) is 15.1. The molecule has 0 aliphatic heterocycles. The van der Waals surface area contributed by atoms with E-state index in [2.05, 4.69) is 162 Å². The number of nitrogens with zero attached hydrogens (tertiary/aromatic N) is 4. The normalized spacial score (nSPS) is 11.6. The maximum Gasteiger partial charge on any atom is 0.164 e. The third-order valence-corrected chi connectivity index (χ3v) is 12.0. The number of aromatic nitrogens is 4. The molecular weight excluding hydrogens is 741 g/mol. The van der Waals surface area contributed by atoms with E-state index in [1.54, 1.807) is 0 Å². The molecule has 0 spiro atoms. The maximum absolute atomic E-state index is 5.06. The zero-order chi connectivity index (χ0) is 40.3. The van der Waals surface area contributed by atoms with Crippen molar-refractivity contribution in [1.82, 2.24) is 19.5 Å². The highest BCUT2D eigenvalue weighted by Gasteiger charge is 2.19. The lowest BCUT2D eigenvalue weighted by molar-refractivity contribution is 1.07. The van der Waals surface area contributed by atoms with E-state index in [1.165, 1.54) is 71.0 Å². The molecule has 0 unspecified atom stereocenters.